The van der Waals surface area contributed by atoms with Gasteiger partial charge < -0.3 is 9.32 Å². The lowest BCUT2D eigenvalue weighted by molar-refractivity contribution is -0.116. The van der Waals surface area contributed by atoms with E-state index < -0.39 is 5.76 Å². The molecule has 3 aromatic rings. The molecule has 0 fully saturated rings. The van der Waals surface area contributed by atoms with Crippen molar-refractivity contribution in [2.45, 2.75) is 13.5 Å². The maximum absolute atomic E-state index is 12.2. The van der Waals surface area contributed by atoms with Crippen molar-refractivity contribution in [2.75, 3.05) is 4.90 Å². The van der Waals surface area contributed by atoms with Crippen LogP contribution in [0.1, 0.15) is 23.6 Å². The summed E-state index contributed by atoms with van der Waals surface area (Å²) in [6.45, 7) is 1.96. The number of nitrogens with zero attached hydrogens (tertiary/aromatic N) is 2. The highest BCUT2D eigenvalue weighted by Gasteiger charge is 2.19. The highest BCUT2D eigenvalue weighted by atomic mass is 35.5. The van der Waals surface area contributed by atoms with E-state index in [-0.39, 0.29) is 11.8 Å². The Morgan fingerprint density at radius 3 is 2.73 bits per heavy atom. The average molecular weight is 368 g/mol. The summed E-state index contributed by atoms with van der Waals surface area (Å²) < 4.78 is 5.02. The quantitative estimate of drug-likeness (QED) is 0.710. The van der Waals surface area contributed by atoms with E-state index in [2.05, 4.69) is 10.2 Å². The van der Waals surface area contributed by atoms with Gasteiger partial charge >= 0.3 is 5.76 Å². The maximum Gasteiger partial charge on any atom is 0.434 e. The summed E-state index contributed by atoms with van der Waals surface area (Å²) >= 11 is 6.11. The lowest BCUT2D eigenvalue weighted by atomic mass is 9.99. The van der Waals surface area contributed by atoms with Crippen LogP contribution in [0.5, 0.6) is 0 Å². The minimum atomic E-state index is -0.603. The second-order valence-electron chi connectivity index (χ2n) is 5.97. The van der Waals surface area contributed by atoms with Gasteiger partial charge in [-0.3, -0.25) is 4.79 Å². The zero-order valence-corrected chi connectivity index (χ0v) is 14.6. The predicted molar refractivity (Wildman–Crippen MR) is 99.8 cm³/mol. The Balaban J connectivity index is 1.85. The molecule has 26 heavy (non-hydrogen) atoms. The van der Waals surface area contributed by atoms with E-state index in [1.807, 2.05) is 42.5 Å². The molecule has 6 nitrogen and oxygen atoms in total. The monoisotopic (exact) mass is 367 g/mol. The van der Waals surface area contributed by atoms with Gasteiger partial charge in [0.25, 0.3) is 0 Å². The molecule has 0 radical (unpaired) electrons. The Kier molecular flexibility index (Phi) is 3.97. The van der Waals surface area contributed by atoms with E-state index >= 15 is 0 Å². The largest absolute Gasteiger partial charge is 0.434 e. The van der Waals surface area contributed by atoms with E-state index in [0.717, 1.165) is 22.4 Å². The molecule has 2 aromatic carbocycles. The first-order valence-corrected chi connectivity index (χ1v) is 8.33. The van der Waals surface area contributed by atoms with Crippen molar-refractivity contribution < 1.29 is 9.21 Å². The summed E-state index contributed by atoms with van der Waals surface area (Å²) in [5.74, 6) is -0.439. The number of anilines is 1. The van der Waals surface area contributed by atoms with Gasteiger partial charge in [-0.05, 0) is 47.0 Å². The molecule has 1 amide bonds. The molecular formula is C19H14ClN3O3. The molecule has 1 aromatic heterocycles. The van der Waals surface area contributed by atoms with Gasteiger partial charge in [0.1, 0.15) is 0 Å². The number of aromatic nitrogens is 2. The average Bonchev–Trinajstić information content (AvgIpc) is 3.03. The summed E-state index contributed by atoms with van der Waals surface area (Å²) in [7, 11) is 0. The number of benzene rings is 2. The number of rotatable bonds is 1. The number of carbonyl (C=O) groups excluding carboxylic acids is 1. The van der Waals surface area contributed by atoms with Gasteiger partial charge in [-0.2, -0.15) is 0 Å². The molecule has 0 saturated carbocycles. The third-order valence-electron chi connectivity index (χ3n) is 4.26. The minimum absolute atomic E-state index is 0.0582. The van der Waals surface area contributed by atoms with E-state index in [1.54, 1.807) is 11.0 Å². The number of carbonyl (C=O) groups is 1. The third kappa shape index (κ3) is 2.95. The van der Waals surface area contributed by atoms with E-state index in [4.69, 9.17) is 16.0 Å². The van der Waals surface area contributed by atoms with Crippen LogP contribution in [-0.4, -0.2) is 16.1 Å². The van der Waals surface area contributed by atoms with E-state index in [1.165, 1.54) is 6.92 Å². The normalized spacial score (nSPS) is 12.9. The van der Waals surface area contributed by atoms with Crippen molar-refractivity contribution in [1.29, 1.82) is 0 Å². The Bertz CT molecular complexity index is 1100. The Labute approximate surface area is 153 Å². The second kappa shape index (κ2) is 6.31. The lowest BCUT2D eigenvalue weighted by Crippen LogP contribution is -2.29. The number of aromatic amines is 1. The molecule has 0 bridgehead atoms. The number of hydrogen-bond acceptors (Lipinski definition) is 4. The van der Waals surface area contributed by atoms with Crippen LogP contribution in [0.4, 0.5) is 5.69 Å². The van der Waals surface area contributed by atoms with Gasteiger partial charge in [0, 0.05) is 17.5 Å². The lowest BCUT2D eigenvalue weighted by Gasteiger charge is -2.26. The summed E-state index contributed by atoms with van der Waals surface area (Å²) in [4.78, 5) is 25.1. The van der Waals surface area contributed by atoms with Crippen LogP contribution in [0.15, 0.2) is 45.6 Å². The second-order valence-corrected chi connectivity index (χ2v) is 6.41. The SMILES string of the molecule is CC(=O)N1Cc2ccc(-c3n[nH]c(=O)o3)cc2C=Cc2cc(Cl)ccc21. The molecule has 7 heteroatoms. The maximum atomic E-state index is 12.2. The standard InChI is InChI=1S/C19H14ClN3O3/c1-11(24)23-10-15-5-4-14(18-21-22-19(25)26-18)8-12(15)2-3-13-9-16(20)6-7-17(13)23/h2-9H,10H2,1H3,(H,22,25). The summed E-state index contributed by atoms with van der Waals surface area (Å²) in [6, 6.07) is 11.0. The van der Waals surface area contributed by atoms with Crippen molar-refractivity contribution in [1.82, 2.24) is 10.2 Å². The van der Waals surface area contributed by atoms with Crippen molar-refractivity contribution in [3.8, 4) is 11.5 Å². The van der Waals surface area contributed by atoms with Crippen LogP contribution in [0.2, 0.25) is 5.02 Å². The Morgan fingerprint density at radius 1 is 1.19 bits per heavy atom. The van der Waals surface area contributed by atoms with Gasteiger partial charge in [-0.1, -0.05) is 29.8 Å². The van der Waals surface area contributed by atoms with Crippen LogP contribution < -0.4 is 10.7 Å². The first-order valence-electron chi connectivity index (χ1n) is 7.96. The van der Waals surface area contributed by atoms with Crippen LogP contribution in [-0.2, 0) is 11.3 Å². The molecule has 0 unspecified atom stereocenters. The van der Waals surface area contributed by atoms with Crippen molar-refractivity contribution >= 4 is 35.3 Å². The molecule has 1 aliphatic heterocycles. The molecule has 4 rings (SSSR count). The number of halogens is 1. The first-order chi connectivity index (χ1) is 12.5. The van der Waals surface area contributed by atoms with Gasteiger partial charge in [-0.25, -0.2) is 9.89 Å². The molecule has 1 aliphatic rings. The molecule has 0 spiro atoms. The molecule has 0 atom stereocenters. The summed E-state index contributed by atoms with van der Waals surface area (Å²) in [5.41, 5.74) is 4.22. The molecule has 1 N–H and O–H groups in total. The topological polar surface area (TPSA) is 79.2 Å². The van der Waals surface area contributed by atoms with Crippen LogP contribution in [0, 0.1) is 0 Å². The van der Waals surface area contributed by atoms with Crippen molar-refractivity contribution in [3.05, 3.63) is 68.7 Å². The molecule has 0 aliphatic carbocycles. The fraction of sp³-hybridized carbons (Fsp3) is 0.105. The smallest absolute Gasteiger partial charge is 0.388 e. The number of hydrogen-bond donors (Lipinski definition) is 1. The third-order valence-corrected chi connectivity index (χ3v) is 4.50. The van der Waals surface area contributed by atoms with E-state index in [9.17, 15) is 9.59 Å². The molecule has 0 saturated heterocycles. The van der Waals surface area contributed by atoms with Crippen molar-refractivity contribution in [3.63, 3.8) is 0 Å². The molecular weight excluding hydrogens is 354 g/mol. The first kappa shape index (κ1) is 16.4. The fourth-order valence-electron chi connectivity index (χ4n) is 3.00. The highest BCUT2D eigenvalue weighted by molar-refractivity contribution is 6.30. The van der Waals surface area contributed by atoms with Crippen LogP contribution in [0.3, 0.4) is 0 Å². The highest BCUT2D eigenvalue weighted by Crippen LogP contribution is 2.32. The van der Waals surface area contributed by atoms with Gasteiger partial charge in [0.05, 0.1) is 12.2 Å². The van der Waals surface area contributed by atoms with Gasteiger partial charge in [0.2, 0.25) is 11.8 Å². The summed E-state index contributed by atoms with van der Waals surface area (Å²) in [5, 5.41) is 6.71. The predicted octanol–water partition coefficient (Wildman–Crippen LogP) is 3.72. The zero-order chi connectivity index (χ0) is 18.3. The van der Waals surface area contributed by atoms with Gasteiger partial charge in [-0.15, -0.1) is 5.10 Å². The Morgan fingerprint density at radius 2 is 2.00 bits per heavy atom. The van der Waals surface area contributed by atoms with E-state index in [0.29, 0.717) is 17.1 Å². The number of fused-ring (bicyclic) bond motifs is 2. The van der Waals surface area contributed by atoms with Gasteiger partial charge in [0.15, 0.2) is 0 Å². The van der Waals surface area contributed by atoms with Crippen LogP contribution >= 0.6 is 11.6 Å². The van der Waals surface area contributed by atoms with Crippen molar-refractivity contribution in [2.24, 2.45) is 0 Å². The minimum Gasteiger partial charge on any atom is -0.388 e. The van der Waals surface area contributed by atoms with Crippen LogP contribution in [0.25, 0.3) is 23.6 Å². The fourth-order valence-corrected chi connectivity index (χ4v) is 3.18. The summed E-state index contributed by atoms with van der Waals surface area (Å²) in [6.07, 6.45) is 3.87. The number of nitrogens with one attached hydrogen (secondary N) is 1. The molecule has 2 heterocycles. The Hall–Kier alpha value is -3.12. The number of H-pyrrole nitrogens is 1. The number of amides is 1. The molecule has 130 valence electrons. The zero-order valence-electron chi connectivity index (χ0n) is 13.8.